The van der Waals surface area contributed by atoms with E-state index < -0.39 is 17.8 Å². The molecule has 0 aliphatic carbocycles. The van der Waals surface area contributed by atoms with Gasteiger partial charge in [0.1, 0.15) is 13.1 Å². The standard InChI is InChI=1S/C10H13N5O4/c1-5-2-6(9(18)19)14-10(13-5)15(3-7(11)16)4-8(12)17/h2H,3-4H2,1H3,(H2,11,16)(H2,12,17)(H,18,19). The number of hydrogen-bond donors (Lipinski definition) is 3. The number of amides is 2. The molecule has 0 atom stereocenters. The van der Waals surface area contributed by atoms with Crippen molar-refractivity contribution in [3.63, 3.8) is 0 Å². The van der Waals surface area contributed by atoms with Crippen LogP contribution in [0.1, 0.15) is 16.2 Å². The van der Waals surface area contributed by atoms with E-state index in [1.54, 1.807) is 6.92 Å². The molecule has 1 rings (SSSR count). The molecular formula is C10H13N5O4. The van der Waals surface area contributed by atoms with E-state index >= 15 is 0 Å². The van der Waals surface area contributed by atoms with Gasteiger partial charge in [-0.2, -0.15) is 0 Å². The third-order valence-corrected chi connectivity index (χ3v) is 2.04. The Hall–Kier alpha value is -2.71. The Bertz CT molecular complexity index is 515. The number of nitrogens with zero attached hydrogens (tertiary/aromatic N) is 3. The van der Waals surface area contributed by atoms with Crippen LogP contribution in [0.2, 0.25) is 0 Å². The van der Waals surface area contributed by atoms with E-state index in [-0.39, 0.29) is 24.7 Å². The van der Waals surface area contributed by atoms with Crippen LogP contribution in [0.5, 0.6) is 0 Å². The van der Waals surface area contributed by atoms with Gasteiger partial charge in [-0.25, -0.2) is 14.8 Å². The minimum atomic E-state index is -1.25. The van der Waals surface area contributed by atoms with Crippen LogP contribution in [0.25, 0.3) is 0 Å². The molecule has 1 aromatic heterocycles. The van der Waals surface area contributed by atoms with Gasteiger partial charge in [-0.1, -0.05) is 0 Å². The first-order chi connectivity index (χ1) is 8.79. The molecule has 19 heavy (non-hydrogen) atoms. The molecule has 0 spiro atoms. The van der Waals surface area contributed by atoms with Crippen molar-refractivity contribution in [3.05, 3.63) is 17.5 Å². The number of nitrogens with two attached hydrogens (primary N) is 2. The average molecular weight is 267 g/mol. The molecule has 0 aromatic carbocycles. The molecule has 2 amide bonds. The Kier molecular flexibility index (Phi) is 4.35. The summed E-state index contributed by atoms with van der Waals surface area (Å²) < 4.78 is 0. The van der Waals surface area contributed by atoms with E-state index in [1.807, 2.05) is 0 Å². The molecule has 1 heterocycles. The molecule has 1 aromatic rings. The fourth-order valence-corrected chi connectivity index (χ4v) is 1.38. The van der Waals surface area contributed by atoms with Gasteiger partial charge in [-0.05, 0) is 13.0 Å². The second kappa shape index (κ2) is 5.76. The Balaban J connectivity index is 3.16. The number of carboxylic acid groups (broad SMARTS) is 1. The van der Waals surface area contributed by atoms with Gasteiger partial charge in [0.2, 0.25) is 17.8 Å². The SMILES string of the molecule is Cc1cc(C(=O)O)nc(N(CC(N)=O)CC(N)=O)n1. The summed E-state index contributed by atoms with van der Waals surface area (Å²) in [5.41, 5.74) is 10.2. The van der Waals surface area contributed by atoms with Crippen molar-refractivity contribution in [3.8, 4) is 0 Å². The molecular weight excluding hydrogens is 254 g/mol. The van der Waals surface area contributed by atoms with Crippen LogP contribution in [-0.2, 0) is 9.59 Å². The number of anilines is 1. The first kappa shape index (κ1) is 14.4. The molecule has 0 aliphatic rings. The number of hydrogen-bond acceptors (Lipinski definition) is 6. The van der Waals surface area contributed by atoms with Crippen LogP contribution in [0.3, 0.4) is 0 Å². The Labute approximate surface area is 108 Å². The molecule has 0 saturated carbocycles. The molecule has 102 valence electrons. The van der Waals surface area contributed by atoms with Gasteiger partial charge in [0, 0.05) is 5.69 Å². The van der Waals surface area contributed by atoms with Crippen molar-refractivity contribution >= 4 is 23.7 Å². The van der Waals surface area contributed by atoms with Crippen LogP contribution >= 0.6 is 0 Å². The molecule has 0 fully saturated rings. The number of rotatable bonds is 6. The van der Waals surface area contributed by atoms with Gasteiger partial charge in [0.05, 0.1) is 0 Å². The van der Waals surface area contributed by atoms with Gasteiger partial charge in [-0.3, -0.25) is 9.59 Å². The van der Waals surface area contributed by atoms with E-state index in [1.165, 1.54) is 6.07 Å². The molecule has 5 N–H and O–H groups in total. The van der Waals surface area contributed by atoms with Crippen molar-refractivity contribution in [2.75, 3.05) is 18.0 Å². The van der Waals surface area contributed by atoms with Crippen molar-refractivity contribution in [1.82, 2.24) is 9.97 Å². The number of aromatic nitrogens is 2. The number of aryl methyl sites for hydroxylation is 1. The van der Waals surface area contributed by atoms with Crippen LogP contribution < -0.4 is 16.4 Å². The number of primary amides is 2. The maximum atomic E-state index is 10.9. The van der Waals surface area contributed by atoms with E-state index in [2.05, 4.69) is 9.97 Å². The highest BCUT2D eigenvalue weighted by Crippen LogP contribution is 2.10. The van der Waals surface area contributed by atoms with Gasteiger partial charge >= 0.3 is 5.97 Å². The topological polar surface area (TPSA) is 152 Å². The first-order valence-corrected chi connectivity index (χ1v) is 5.20. The van der Waals surface area contributed by atoms with E-state index in [0.29, 0.717) is 5.69 Å². The van der Waals surface area contributed by atoms with Crippen LogP contribution in [0.15, 0.2) is 6.07 Å². The quantitative estimate of drug-likeness (QED) is 0.553. The molecule has 9 heteroatoms. The lowest BCUT2D eigenvalue weighted by Gasteiger charge is -2.19. The van der Waals surface area contributed by atoms with Crippen LogP contribution in [0.4, 0.5) is 5.95 Å². The Morgan fingerprint density at radius 2 is 1.74 bits per heavy atom. The second-order valence-electron chi connectivity index (χ2n) is 3.79. The predicted molar refractivity (Wildman–Crippen MR) is 64.3 cm³/mol. The summed E-state index contributed by atoms with van der Waals surface area (Å²) in [7, 11) is 0. The minimum absolute atomic E-state index is 0.0880. The zero-order valence-corrected chi connectivity index (χ0v) is 10.2. The maximum absolute atomic E-state index is 10.9. The summed E-state index contributed by atoms with van der Waals surface area (Å²) in [5.74, 6) is -2.77. The zero-order chi connectivity index (χ0) is 14.6. The summed E-state index contributed by atoms with van der Waals surface area (Å²) >= 11 is 0. The lowest BCUT2D eigenvalue weighted by Crippen LogP contribution is -2.40. The van der Waals surface area contributed by atoms with Gasteiger partial charge < -0.3 is 21.5 Å². The Morgan fingerprint density at radius 3 is 2.16 bits per heavy atom. The maximum Gasteiger partial charge on any atom is 0.354 e. The van der Waals surface area contributed by atoms with Crippen molar-refractivity contribution in [2.45, 2.75) is 6.92 Å². The molecule has 0 saturated heterocycles. The van der Waals surface area contributed by atoms with Crippen molar-refractivity contribution < 1.29 is 19.5 Å². The highest BCUT2D eigenvalue weighted by molar-refractivity contribution is 5.87. The summed E-state index contributed by atoms with van der Waals surface area (Å²) in [4.78, 5) is 41.5. The lowest BCUT2D eigenvalue weighted by molar-refractivity contribution is -0.117. The smallest absolute Gasteiger partial charge is 0.354 e. The second-order valence-corrected chi connectivity index (χ2v) is 3.79. The normalized spacial score (nSPS) is 9.95. The van der Waals surface area contributed by atoms with E-state index in [4.69, 9.17) is 16.6 Å². The predicted octanol–water partition coefficient (Wildman–Crippen LogP) is -1.74. The minimum Gasteiger partial charge on any atom is -0.477 e. The Morgan fingerprint density at radius 1 is 1.21 bits per heavy atom. The van der Waals surface area contributed by atoms with Gasteiger partial charge in [0.25, 0.3) is 0 Å². The molecule has 0 aliphatic heterocycles. The third-order valence-electron chi connectivity index (χ3n) is 2.04. The van der Waals surface area contributed by atoms with Crippen molar-refractivity contribution in [1.29, 1.82) is 0 Å². The van der Waals surface area contributed by atoms with Crippen LogP contribution in [0, 0.1) is 6.92 Å². The third kappa shape index (κ3) is 4.22. The average Bonchev–Trinajstić information content (AvgIpc) is 2.25. The highest BCUT2D eigenvalue weighted by Gasteiger charge is 2.17. The molecule has 0 unspecified atom stereocenters. The first-order valence-electron chi connectivity index (χ1n) is 5.20. The molecule has 0 bridgehead atoms. The van der Waals surface area contributed by atoms with Gasteiger partial charge in [0.15, 0.2) is 5.69 Å². The van der Waals surface area contributed by atoms with Gasteiger partial charge in [-0.15, -0.1) is 0 Å². The summed E-state index contributed by atoms with van der Waals surface area (Å²) in [6, 6.07) is 1.26. The monoisotopic (exact) mass is 267 g/mol. The number of carbonyl (C=O) groups is 3. The number of aromatic carboxylic acids is 1. The number of carboxylic acids is 1. The lowest BCUT2D eigenvalue weighted by atomic mass is 10.3. The summed E-state index contributed by atoms with van der Waals surface area (Å²) in [6.07, 6.45) is 0. The zero-order valence-electron chi connectivity index (χ0n) is 10.2. The fraction of sp³-hybridized carbons (Fsp3) is 0.300. The van der Waals surface area contributed by atoms with E-state index in [0.717, 1.165) is 4.90 Å². The number of carbonyl (C=O) groups excluding carboxylic acids is 2. The largest absolute Gasteiger partial charge is 0.477 e. The highest BCUT2D eigenvalue weighted by atomic mass is 16.4. The summed E-state index contributed by atoms with van der Waals surface area (Å²) in [6.45, 7) is 0.876. The van der Waals surface area contributed by atoms with E-state index in [9.17, 15) is 14.4 Å². The van der Waals surface area contributed by atoms with Crippen LogP contribution in [-0.4, -0.2) is 45.9 Å². The molecule has 9 nitrogen and oxygen atoms in total. The van der Waals surface area contributed by atoms with Crippen molar-refractivity contribution in [2.24, 2.45) is 11.5 Å². The molecule has 0 radical (unpaired) electrons. The summed E-state index contributed by atoms with van der Waals surface area (Å²) in [5, 5.41) is 8.89. The fourth-order valence-electron chi connectivity index (χ4n) is 1.38.